The maximum atomic E-state index is 12.2. The second-order valence-corrected chi connectivity index (χ2v) is 11.6. The Bertz CT molecular complexity index is 1160. The molecule has 12 heteroatoms. The number of aliphatic hydroxyl groups excluding tert-OH is 3. The largest absolute Gasteiger partial charge is 0.492 e. The quantitative estimate of drug-likeness (QED) is 0.298. The summed E-state index contributed by atoms with van der Waals surface area (Å²) < 4.78 is 45.2. The van der Waals surface area contributed by atoms with E-state index in [2.05, 4.69) is 4.72 Å². The van der Waals surface area contributed by atoms with Crippen molar-refractivity contribution in [2.75, 3.05) is 40.0 Å². The molecule has 0 aliphatic carbocycles. The Morgan fingerprint density at radius 2 is 1.82 bits per heavy atom. The third-order valence-corrected chi connectivity index (χ3v) is 8.90. The van der Waals surface area contributed by atoms with E-state index in [4.69, 9.17) is 25.8 Å². The van der Waals surface area contributed by atoms with Crippen molar-refractivity contribution >= 4 is 21.8 Å². The third-order valence-electron chi connectivity index (χ3n) is 6.91. The summed E-state index contributed by atoms with van der Waals surface area (Å²) in [4.78, 5) is 0. The molecule has 0 radical (unpaired) electrons. The standard InChI is InChI=1S/C26H35ClN2O8S/c1-35-26-23(31)22(16-30)37-25(24(26)32)18-6-9-21(27)19(15-18)14-17-4-7-20(8-5-17)36-13-10-28-38(33,34)29-11-2-3-12-29/h4-9,15,22-26,28,30-32H,2-3,10-14,16H2,1H3. The molecule has 2 aliphatic rings. The zero-order valence-electron chi connectivity index (χ0n) is 21.2. The highest BCUT2D eigenvalue weighted by molar-refractivity contribution is 7.87. The average Bonchev–Trinajstić information content (AvgIpc) is 3.46. The molecule has 0 bridgehead atoms. The molecular weight excluding hydrogens is 536 g/mol. The molecular formula is C26H35ClN2O8S. The second-order valence-electron chi connectivity index (χ2n) is 9.48. The maximum absolute atomic E-state index is 12.2. The van der Waals surface area contributed by atoms with Gasteiger partial charge < -0.3 is 29.5 Å². The van der Waals surface area contributed by atoms with Crippen LogP contribution in [0.5, 0.6) is 5.75 Å². The highest BCUT2D eigenvalue weighted by Gasteiger charge is 2.45. The molecule has 0 saturated carbocycles. The summed E-state index contributed by atoms with van der Waals surface area (Å²) in [6.07, 6.45) is -2.63. The third kappa shape index (κ3) is 6.85. The predicted octanol–water partition coefficient (Wildman–Crippen LogP) is 1.41. The number of methoxy groups -OCH3 is 1. The summed E-state index contributed by atoms with van der Waals surface area (Å²) in [6.45, 7) is 1.08. The lowest BCUT2D eigenvalue weighted by atomic mass is 9.90. The number of halogens is 1. The first-order valence-electron chi connectivity index (χ1n) is 12.6. The minimum absolute atomic E-state index is 0.177. The van der Waals surface area contributed by atoms with Crippen molar-refractivity contribution in [3.05, 3.63) is 64.2 Å². The molecule has 0 aromatic heterocycles. The van der Waals surface area contributed by atoms with E-state index >= 15 is 0 Å². The number of aliphatic hydroxyl groups is 3. The highest BCUT2D eigenvalue weighted by Crippen LogP contribution is 2.35. The molecule has 38 heavy (non-hydrogen) atoms. The fourth-order valence-corrected chi connectivity index (χ4v) is 6.28. The summed E-state index contributed by atoms with van der Waals surface area (Å²) in [5.74, 6) is 0.618. The van der Waals surface area contributed by atoms with Crippen molar-refractivity contribution in [2.45, 2.75) is 49.8 Å². The van der Waals surface area contributed by atoms with E-state index in [-0.39, 0.29) is 13.2 Å². The molecule has 2 fully saturated rings. The average molecular weight is 571 g/mol. The van der Waals surface area contributed by atoms with Crippen LogP contribution in [0.4, 0.5) is 0 Å². The molecule has 5 atom stereocenters. The monoisotopic (exact) mass is 570 g/mol. The molecule has 4 rings (SSSR count). The molecule has 0 amide bonds. The summed E-state index contributed by atoms with van der Waals surface area (Å²) in [5, 5.41) is 31.2. The zero-order valence-corrected chi connectivity index (χ0v) is 22.8. The van der Waals surface area contributed by atoms with E-state index in [0.29, 0.717) is 35.8 Å². The Morgan fingerprint density at radius 1 is 1.11 bits per heavy atom. The van der Waals surface area contributed by atoms with Crippen LogP contribution in [0.1, 0.15) is 35.6 Å². The van der Waals surface area contributed by atoms with Crippen LogP contribution in [0.25, 0.3) is 0 Å². The van der Waals surface area contributed by atoms with Gasteiger partial charge in [0.25, 0.3) is 10.2 Å². The topological polar surface area (TPSA) is 138 Å². The van der Waals surface area contributed by atoms with Gasteiger partial charge in [-0.15, -0.1) is 0 Å². The summed E-state index contributed by atoms with van der Waals surface area (Å²) >= 11 is 6.46. The smallest absolute Gasteiger partial charge is 0.279 e. The van der Waals surface area contributed by atoms with Gasteiger partial charge in [-0.3, -0.25) is 0 Å². The molecule has 2 saturated heterocycles. The zero-order chi connectivity index (χ0) is 27.3. The summed E-state index contributed by atoms with van der Waals surface area (Å²) in [6, 6.07) is 12.7. The van der Waals surface area contributed by atoms with Crippen LogP contribution in [0.3, 0.4) is 0 Å². The molecule has 2 heterocycles. The van der Waals surface area contributed by atoms with Crippen molar-refractivity contribution in [1.82, 2.24) is 9.03 Å². The Hall–Kier alpha value is -1.80. The number of hydrogen-bond acceptors (Lipinski definition) is 8. The van der Waals surface area contributed by atoms with E-state index < -0.39 is 47.3 Å². The van der Waals surface area contributed by atoms with Crippen LogP contribution < -0.4 is 9.46 Å². The van der Waals surface area contributed by atoms with Gasteiger partial charge in [-0.2, -0.15) is 17.4 Å². The van der Waals surface area contributed by atoms with Crippen molar-refractivity contribution < 1.29 is 37.9 Å². The second kappa shape index (κ2) is 13.0. The Labute approximate surface area is 228 Å². The molecule has 2 aromatic carbocycles. The van der Waals surface area contributed by atoms with Gasteiger partial charge in [0, 0.05) is 31.8 Å². The van der Waals surface area contributed by atoms with E-state index in [1.807, 2.05) is 30.3 Å². The predicted molar refractivity (Wildman–Crippen MR) is 141 cm³/mol. The van der Waals surface area contributed by atoms with E-state index in [0.717, 1.165) is 24.0 Å². The van der Waals surface area contributed by atoms with Crippen LogP contribution in [0.15, 0.2) is 42.5 Å². The molecule has 210 valence electrons. The lowest BCUT2D eigenvalue weighted by Crippen LogP contribution is -2.56. The van der Waals surface area contributed by atoms with Gasteiger partial charge in [-0.1, -0.05) is 35.9 Å². The van der Waals surface area contributed by atoms with Crippen molar-refractivity contribution in [2.24, 2.45) is 0 Å². The van der Waals surface area contributed by atoms with E-state index in [1.165, 1.54) is 11.4 Å². The van der Waals surface area contributed by atoms with E-state index in [1.54, 1.807) is 12.1 Å². The number of nitrogens with one attached hydrogen (secondary N) is 1. The summed E-state index contributed by atoms with van der Waals surface area (Å²) in [5.41, 5.74) is 2.43. The first kappa shape index (κ1) is 29.2. The first-order chi connectivity index (χ1) is 18.2. The molecule has 5 unspecified atom stereocenters. The van der Waals surface area contributed by atoms with Crippen LogP contribution >= 0.6 is 11.6 Å². The minimum atomic E-state index is -3.45. The SMILES string of the molecule is COC1C(O)C(CO)OC(c2ccc(Cl)c(Cc3ccc(OCCNS(=O)(=O)N4CCCC4)cc3)c2)C1O. The fraction of sp³-hybridized carbons (Fsp3) is 0.538. The van der Waals surface area contributed by atoms with E-state index in [9.17, 15) is 23.7 Å². The molecule has 0 spiro atoms. The summed E-state index contributed by atoms with van der Waals surface area (Å²) in [7, 11) is -2.06. The van der Waals surface area contributed by atoms with Gasteiger partial charge >= 0.3 is 0 Å². The van der Waals surface area contributed by atoms with Gasteiger partial charge in [0.15, 0.2) is 0 Å². The first-order valence-corrected chi connectivity index (χ1v) is 14.5. The van der Waals surface area contributed by atoms with Crippen molar-refractivity contribution in [1.29, 1.82) is 0 Å². The molecule has 4 N–H and O–H groups in total. The van der Waals surface area contributed by atoms with Crippen LogP contribution in [0, 0.1) is 0 Å². The molecule has 2 aliphatic heterocycles. The minimum Gasteiger partial charge on any atom is -0.492 e. The number of nitrogens with zero attached hydrogens (tertiary/aromatic N) is 1. The van der Waals surface area contributed by atoms with Gasteiger partial charge in [-0.05, 0) is 54.2 Å². The van der Waals surface area contributed by atoms with Gasteiger partial charge in [0.1, 0.15) is 42.9 Å². The van der Waals surface area contributed by atoms with Crippen molar-refractivity contribution in [3.8, 4) is 5.75 Å². The van der Waals surface area contributed by atoms with Crippen LogP contribution in [-0.4, -0.2) is 92.4 Å². The Balaban J connectivity index is 1.35. The normalized spacial score (nSPS) is 26.5. The Morgan fingerprint density at radius 3 is 2.47 bits per heavy atom. The van der Waals surface area contributed by atoms with Gasteiger partial charge in [-0.25, -0.2) is 0 Å². The van der Waals surface area contributed by atoms with Crippen molar-refractivity contribution in [3.63, 3.8) is 0 Å². The Kier molecular flexibility index (Phi) is 10.0. The van der Waals surface area contributed by atoms with Gasteiger partial charge in [0.2, 0.25) is 0 Å². The van der Waals surface area contributed by atoms with Crippen LogP contribution in [0.2, 0.25) is 5.02 Å². The molecule has 2 aromatic rings. The maximum Gasteiger partial charge on any atom is 0.279 e. The lowest BCUT2D eigenvalue weighted by molar-refractivity contribution is -0.238. The fourth-order valence-electron chi connectivity index (χ4n) is 4.83. The lowest BCUT2D eigenvalue weighted by Gasteiger charge is -2.42. The number of hydrogen-bond donors (Lipinski definition) is 4. The molecule has 10 nitrogen and oxygen atoms in total. The number of rotatable bonds is 11. The number of benzene rings is 2. The van der Waals surface area contributed by atoms with Crippen LogP contribution in [-0.2, 0) is 26.1 Å². The highest BCUT2D eigenvalue weighted by atomic mass is 35.5. The number of ether oxygens (including phenoxy) is 3. The van der Waals surface area contributed by atoms with Gasteiger partial charge in [0.05, 0.1) is 6.61 Å².